The molecule has 0 saturated heterocycles. The number of nitrogens with zero attached hydrogens (tertiary/aromatic N) is 4. The maximum atomic E-state index is 12.3. The predicted molar refractivity (Wildman–Crippen MR) is 94.8 cm³/mol. The number of halogens is 1. The molecular weight excluding hydrogens is 362 g/mol. The standard InChI is InChI=1S/C16H16ClN5O2S/c1-10-15(16(23)18-7-13-19-9-20-22(13)2)25-14(21-10)8-24-12-5-3-11(17)4-6-12/h3-6,9H,7-8H2,1-2H3,(H,18,23). The van der Waals surface area contributed by atoms with Gasteiger partial charge in [-0.2, -0.15) is 5.10 Å². The fourth-order valence-electron chi connectivity index (χ4n) is 2.12. The molecule has 3 rings (SSSR count). The van der Waals surface area contributed by atoms with Gasteiger partial charge in [0.15, 0.2) is 0 Å². The van der Waals surface area contributed by atoms with Crippen molar-refractivity contribution in [3.05, 3.63) is 57.0 Å². The van der Waals surface area contributed by atoms with Crippen molar-refractivity contribution in [3.8, 4) is 5.75 Å². The van der Waals surface area contributed by atoms with E-state index in [9.17, 15) is 4.79 Å². The third-order valence-corrected chi connectivity index (χ3v) is 4.82. The Hall–Kier alpha value is -2.45. The Morgan fingerprint density at radius 1 is 1.36 bits per heavy atom. The third-order valence-electron chi connectivity index (χ3n) is 3.44. The summed E-state index contributed by atoms with van der Waals surface area (Å²) in [6.07, 6.45) is 1.45. The molecule has 0 aliphatic carbocycles. The van der Waals surface area contributed by atoms with E-state index in [4.69, 9.17) is 16.3 Å². The first-order valence-electron chi connectivity index (χ1n) is 7.48. The van der Waals surface area contributed by atoms with Gasteiger partial charge in [0.2, 0.25) is 0 Å². The smallest absolute Gasteiger partial charge is 0.263 e. The highest BCUT2D eigenvalue weighted by molar-refractivity contribution is 7.13. The molecule has 0 radical (unpaired) electrons. The molecule has 2 aromatic heterocycles. The summed E-state index contributed by atoms with van der Waals surface area (Å²) in [5, 5.41) is 8.18. The lowest BCUT2D eigenvalue weighted by molar-refractivity contribution is 0.0953. The number of nitrogens with one attached hydrogen (secondary N) is 1. The number of rotatable bonds is 6. The Bertz CT molecular complexity index is 875. The maximum absolute atomic E-state index is 12.3. The minimum atomic E-state index is -0.184. The highest BCUT2D eigenvalue weighted by Gasteiger charge is 2.16. The molecule has 0 aliphatic rings. The normalized spacial score (nSPS) is 10.7. The molecule has 0 bridgehead atoms. The number of aromatic nitrogens is 4. The molecule has 1 aromatic carbocycles. The summed E-state index contributed by atoms with van der Waals surface area (Å²) < 4.78 is 7.28. The lowest BCUT2D eigenvalue weighted by Crippen LogP contribution is -2.24. The summed E-state index contributed by atoms with van der Waals surface area (Å²) in [7, 11) is 1.78. The van der Waals surface area contributed by atoms with Gasteiger partial charge >= 0.3 is 0 Å². The molecule has 9 heteroatoms. The molecule has 130 valence electrons. The number of hydrogen-bond donors (Lipinski definition) is 1. The summed E-state index contributed by atoms with van der Waals surface area (Å²) >= 11 is 7.16. The second-order valence-corrected chi connectivity index (χ2v) is 6.77. The Kier molecular flexibility index (Phi) is 5.30. The zero-order valence-corrected chi connectivity index (χ0v) is 15.3. The van der Waals surface area contributed by atoms with E-state index in [0.29, 0.717) is 40.3 Å². The lowest BCUT2D eigenvalue weighted by atomic mass is 10.3. The second-order valence-electron chi connectivity index (χ2n) is 5.25. The zero-order chi connectivity index (χ0) is 17.8. The van der Waals surface area contributed by atoms with Crippen molar-refractivity contribution < 1.29 is 9.53 Å². The molecule has 0 spiro atoms. The summed E-state index contributed by atoms with van der Waals surface area (Å²) in [5.41, 5.74) is 0.676. The molecule has 0 atom stereocenters. The Morgan fingerprint density at radius 2 is 2.12 bits per heavy atom. The monoisotopic (exact) mass is 377 g/mol. The number of ether oxygens (including phenoxy) is 1. The van der Waals surface area contributed by atoms with E-state index >= 15 is 0 Å². The molecule has 1 amide bonds. The van der Waals surface area contributed by atoms with Crippen LogP contribution in [0.2, 0.25) is 5.02 Å². The van der Waals surface area contributed by atoms with Crippen molar-refractivity contribution in [2.24, 2.45) is 7.05 Å². The zero-order valence-electron chi connectivity index (χ0n) is 13.7. The molecule has 7 nitrogen and oxygen atoms in total. The second kappa shape index (κ2) is 7.62. The topological polar surface area (TPSA) is 81.9 Å². The fourth-order valence-corrected chi connectivity index (χ4v) is 3.14. The van der Waals surface area contributed by atoms with E-state index in [0.717, 1.165) is 5.01 Å². The van der Waals surface area contributed by atoms with Crippen molar-refractivity contribution in [3.63, 3.8) is 0 Å². The van der Waals surface area contributed by atoms with Crippen LogP contribution in [-0.4, -0.2) is 25.7 Å². The molecule has 25 heavy (non-hydrogen) atoms. The highest BCUT2D eigenvalue weighted by Crippen LogP contribution is 2.21. The fraction of sp³-hybridized carbons (Fsp3) is 0.250. The van der Waals surface area contributed by atoms with Gasteiger partial charge in [-0.25, -0.2) is 9.97 Å². The van der Waals surface area contributed by atoms with E-state index in [1.54, 1.807) is 42.9 Å². The Morgan fingerprint density at radius 3 is 2.80 bits per heavy atom. The van der Waals surface area contributed by atoms with Crippen LogP contribution in [0.4, 0.5) is 0 Å². The molecule has 0 saturated carbocycles. The van der Waals surface area contributed by atoms with Gasteiger partial charge in [0.25, 0.3) is 5.91 Å². The maximum Gasteiger partial charge on any atom is 0.263 e. The van der Waals surface area contributed by atoms with Crippen LogP contribution in [0.3, 0.4) is 0 Å². The number of carbonyl (C=O) groups excluding carboxylic acids is 1. The van der Waals surface area contributed by atoms with Gasteiger partial charge in [0.1, 0.15) is 34.4 Å². The number of aryl methyl sites for hydroxylation is 2. The van der Waals surface area contributed by atoms with Gasteiger partial charge in [-0.3, -0.25) is 9.48 Å². The Balaban J connectivity index is 1.60. The number of hydrogen-bond acceptors (Lipinski definition) is 6. The molecule has 1 N–H and O–H groups in total. The molecule has 3 aromatic rings. The van der Waals surface area contributed by atoms with E-state index in [1.807, 2.05) is 0 Å². The van der Waals surface area contributed by atoms with Crippen LogP contribution in [0.25, 0.3) is 0 Å². The number of amides is 1. The molecule has 0 unspecified atom stereocenters. The summed E-state index contributed by atoms with van der Waals surface area (Å²) in [6, 6.07) is 7.10. The number of thiazole rings is 1. The van der Waals surface area contributed by atoms with Crippen LogP contribution >= 0.6 is 22.9 Å². The van der Waals surface area contributed by atoms with Gasteiger partial charge in [-0.05, 0) is 31.2 Å². The lowest BCUT2D eigenvalue weighted by Gasteiger charge is -2.03. The first-order chi connectivity index (χ1) is 12.0. The Labute approximate surface area is 153 Å². The van der Waals surface area contributed by atoms with Crippen LogP contribution < -0.4 is 10.1 Å². The SMILES string of the molecule is Cc1nc(COc2ccc(Cl)cc2)sc1C(=O)NCc1ncnn1C. The van der Waals surface area contributed by atoms with Gasteiger partial charge in [-0.1, -0.05) is 11.6 Å². The van der Waals surface area contributed by atoms with Crippen molar-refractivity contribution >= 4 is 28.8 Å². The van der Waals surface area contributed by atoms with Crippen molar-refractivity contribution in [2.75, 3.05) is 0 Å². The van der Waals surface area contributed by atoms with Crippen LogP contribution in [0.1, 0.15) is 26.2 Å². The minimum Gasteiger partial charge on any atom is -0.486 e. The number of carbonyl (C=O) groups is 1. The first-order valence-corrected chi connectivity index (χ1v) is 8.68. The highest BCUT2D eigenvalue weighted by atomic mass is 35.5. The molecule has 0 aliphatic heterocycles. The van der Waals surface area contributed by atoms with Gasteiger partial charge in [0.05, 0.1) is 12.2 Å². The van der Waals surface area contributed by atoms with E-state index in [1.165, 1.54) is 17.7 Å². The minimum absolute atomic E-state index is 0.184. The van der Waals surface area contributed by atoms with Gasteiger partial charge < -0.3 is 10.1 Å². The molecule has 0 fully saturated rings. The van der Waals surface area contributed by atoms with Crippen molar-refractivity contribution in [1.82, 2.24) is 25.1 Å². The van der Waals surface area contributed by atoms with E-state index < -0.39 is 0 Å². The third kappa shape index (κ3) is 4.34. The predicted octanol–water partition coefficient (Wildman–Crippen LogP) is 2.74. The largest absolute Gasteiger partial charge is 0.486 e. The first kappa shape index (κ1) is 17.4. The van der Waals surface area contributed by atoms with Crippen molar-refractivity contribution in [2.45, 2.75) is 20.1 Å². The summed E-state index contributed by atoms with van der Waals surface area (Å²) in [4.78, 5) is 21.4. The van der Waals surface area contributed by atoms with Crippen LogP contribution in [-0.2, 0) is 20.2 Å². The van der Waals surface area contributed by atoms with Gasteiger partial charge in [-0.15, -0.1) is 11.3 Å². The van der Waals surface area contributed by atoms with Crippen LogP contribution in [0.15, 0.2) is 30.6 Å². The average molecular weight is 378 g/mol. The number of benzene rings is 1. The summed E-state index contributed by atoms with van der Waals surface area (Å²) in [5.74, 6) is 1.20. The van der Waals surface area contributed by atoms with Gasteiger partial charge in [0, 0.05) is 12.1 Å². The van der Waals surface area contributed by atoms with Crippen LogP contribution in [0, 0.1) is 6.92 Å². The summed E-state index contributed by atoms with van der Waals surface area (Å²) in [6.45, 7) is 2.41. The molecular formula is C16H16ClN5O2S. The van der Waals surface area contributed by atoms with Crippen LogP contribution in [0.5, 0.6) is 5.75 Å². The van der Waals surface area contributed by atoms with E-state index in [-0.39, 0.29) is 5.91 Å². The van der Waals surface area contributed by atoms with E-state index in [2.05, 4.69) is 20.4 Å². The quantitative estimate of drug-likeness (QED) is 0.714. The van der Waals surface area contributed by atoms with Crippen molar-refractivity contribution in [1.29, 1.82) is 0 Å². The average Bonchev–Trinajstić information content (AvgIpc) is 3.17. The molecule has 2 heterocycles.